The first kappa shape index (κ1) is 19.0. The average molecular weight is 370 g/mol. The van der Waals surface area contributed by atoms with Crippen LogP contribution < -0.4 is 5.32 Å². The fourth-order valence-electron chi connectivity index (χ4n) is 2.86. The summed E-state index contributed by atoms with van der Waals surface area (Å²) in [6.45, 7) is 9.59. The zero-order chi connectivity index (χ0) is 16.1. The maximum atomic E-state index is 4.48. The number of aromatic nitrogens is 6. The Kier molecular flexibility index (Phi) is 7.26. The summed E-state index contributed by atoms with van der Waals surface area (Å²) in [5.74, 6) is 3.46. The Hall–Kier alpha value is -1.38. The average Bonchev–Trinajstić information content (AvgIpc) is 3.16. The van der Waals surface area contributed by atoms with Crippen LogP contribution in [-0.2, 0) is 13.1 Å². The lowest BCUT2D eigenvalue weighted by Gasteiger charge is -2.22. The Morgan fingerprint density at radius 3 is 2.79 bits per heavy atom. The first-order valence-corrected chi connectivity index (χ1v) is 9.00. The van der Waals surface area contributed by atoms with E-state index in [1.54, 1.807) is 18.1 Å². The number of halogens is 1. The highest BCUT2D eigenvalue weighted by atomic mass is 35.5. The second-order valence-electron chi connectivity index (χ2n) is 5.68. The van der Waals surface area contributed by atoms with Crippen LogP contribution in [0.5, 0.6) is 0 Å². The normalized spacial score (nSPS) is 15.2. The first-order valence-electron chi connectivity index (χ1n) is 8.01. The molecule has 1 fully saturated rings. The molecule has 2 aromatic rings. The Morgan fingerprint density at radius 1 is 1.33 bits per heavy atom. The standard InChI is InChI=1S/C15H23N7S.ClH/c1-3-8-22-14(13-4-6-16-7-5-13)19-20-15(22)23-10-9-21-11-17-18-12(21)2;/h3,11,13,16H,1,4-10H2,2H3;1H. The third kappa shape index (κ3) is 4.37. The molecule has 9 heteroatoms. The molecular weight excluding hydrogens is 346 g/mol. The quantitative estimate of drug-likeness (QED) is 0.594. The molecule has 1 aliphatic heterocycles. The van der Waals surface area contributed by atoms with Gasteiger partial charge in [-0.2, -0.15) is 0 Å². The Labute approximate surface area is 152 Å². The molecule has 7 nitrogen and oxygen atoms in total. The van der Waals surface area contributed by atoms with Gasteiger partial charge >= 0.3 is 0 Å². The maximum Gasteiger partial charge on any atom is 0.191 e. The van der Waals surface area contributed by atoms with Gasteiger partial charge in [-0.15, -0.1) is 39.4 Å². The summed E-state index contributed by atoms with van der Waals surface area (Å²) in [4.78, 5) is 0. The highest BCUT2D eigenvalue weighted by molar-refractivity contribution is 7.99. The van der Waals surface area contributed by atoms with Crippen LogP contribution in [0, 0.1) is 6.92 Å². The van der Waals surface area contributed by atoms with E-state index in [1.165, 1.54) is 0 Å². The van der Waals surface area contributed by atoms with Crippen molar-refractivity contribution in [3.8, 4) is 0 Å². The van der Waals surface area contributed by atoms with Crippen molar-refractivity contribution in [3.05, 3.63) is 30.6 Å². The molecule has 1 N–H and O–H groups in total. The highest BCUT2D eigenvalue weighted by Crippen LogP contribution is 2.27. The largest absolute Gasteiger partial charge is 0.317 e. The second kappa shape index (κ2) is 9.19. The number of nitrogens with zero attached hydrogens (tertiary/aromatic N) is 6. The number of nitrogens with one attached hydrogen (secondary N) is 1. The molecule has 132 valence electrons. The van der Waals surface area contributed by atoms with Gasteiger partial charge in [-0.3, -0.25) is 0 Å². The molecule has 0 bridgehead atoms. The van der Waals surface area contributed by atoms with Crippen LogP contribution in [0.4, 0.5) is 0 Å². The SMILES string of the molecule is C=CCn1c(SCCn2cnnc2C)nnc1C1CCNCC1.Cl. The van der Waals surface area contributed by atoms with E-state index in [4.69, 9.17) is 0 Å². The van der Waals surface area contributed by atoms with Crippen molar-refractivity contribution < 1.29 is 0 Å². The van der Waals surface area contributed by atoms with Crippen molar-refractivity contribution in [3.63, 3.8) is 0 Å². The molecule has 0 atom stereocenters. The van der Waals surface area contributed by atoms with Crippen LogP contribution >= 0.6 is 24.2 Å². The summed E-state index contributed by atoms with van der Waals surface area (Å²) in [7, 11) is 0. The first-order chi connectivity index (χ1) is 11.3. The number of hydrogen-bond acceptors (Lipinski definition) is 6. The van der Waals surface area contributed by atoms with Gasteiger partial charge in [0.25, 0.3) is 0 Å². The summed E-state index contributed by atoms with van der Waals surface area (Å²) in [5.41, 5.74) is 0. The minimum Gasteiger partial charge on any atom is -0.317 e. The van der Waals surface area contributed by atoms with Crippen molar-refractivity contribution in [1.29, 1.82) is 0 Å². The van der Waals surface area contributed by atoms with Crippen LogP contribution in [0.2, 0.25) is 0 Å². The van der Waals surface area contributed by atoms with E-state index in [0.29, 0.717) is 5.92 Å². The molecule has 3 heterocycles. The monoisotopic (exact) mass is 369 g/mol. The van der Waals surface area contributed by atoms with Gasteiger partial charge in [0, 0.05) is 24.8 Å². The van der Waals surface area contributed by atoms with Gasteiger partial charge in [-0.25, -0.2) is 0 Å². The molecule has 2 aromatic heterocycles. The lowest BCUT2D eigenvalue weighted by Crippen LogP contribution is -2.28. The van der Waals surface area contributed by atoms with Crippen LogP contribution in [0.3, 0.4) is 0 Å². The van der Waals surface area contributed by atoms with Crippen molar-refractivity contribution in [2.24, 2.45) is 0 Å². The number of rotatable bonds is 7. The second-order valence-corrected chi connectivity index (χ2v) is 6.75. The molecule has 0 radical (unpaired) electrons. The molecule has 0 amide bonds. The van der Waals surface area contributed by atoms with Crippen LogP contribution in [0.25, 0.3) is 0 Å². The molecule has 0 aromatic carbocycles. The lowest BCUT2D eigenvalue weighted by molar-refractivity contribution is 0.431. The molecule has 3 rings (SSSR count). The molecule has 1 saturated heterocycles. The summed E-state index contributed by atoms with van der Waals surface area (Å²) >= 11 is 1.73. The molecule has 0 aliphatic carbocycles. The van der Waals surface area contributed by atoms with E-state index in [1.807, 2.05) is 13.0 Å². The van der Waals surface area contributed by atoms with Crippen molar-refractivity contribution in [1.82, 2.24) is 34.8 Å². The summed E-state index contributed by atoms with van der Waals surface area (Å²) in [6.07, 6.45) is 5.94. The highest BCUT2D eigenvalue weighted by Gasteiger charge is 2.22. The van der Waals surface area contributed by atoms with Crippen LogP contribution in [0.15, 0.2) is 24.1 Å². The number of thioether (sulfide) groups is 1. The molecule has 24 heavy (non-hydrogen) atoms. The molecular formula is C15H24ClN7S. The van der Waals surface area contributed by atoms with Gasteiger partial charge in [0.2, 0.25) is 0 Å². The molecule has 0 spiro atoms. The summed E-state index contributed by atoms with van der Waals surface area (Å²) in [5, 5.41) is 21.2. The van der Waals surface area contributed by atoms with E-state index in [2.05, 4.69) is 41.4 Å². The number of hydrogen-bond donors (Lipinski definition) is 1. The predicted molar refractivity (Wildman–Crippen MR) is 97.8 cm³/mol. The third-order valence-electron chi connectivity index (χ3n) is 4.13. The fourth-order valence-corrected chi connectivity index (χ4v) is 3.75. The van der Waals surface area contributed by atoms with Crippen molar-refractivity contribution in [2.45, 2.75) is 43.9 Å². The Bertz CT molecular complexity index is 648. The van der Waals surface area contributed by atoms with Crippen LogP contribution in [-0.4, -0.2) is 48.4 Å². The van der Waals surface area contributed by atoms with Gasteiger partial charge in [0.15, 0.2) is 5.16 Å². The van der Waals surface area contributed by atoms with E-state index in [0.717, 1.165) is 61.6 Å². The smallest absolute Gasteiger partial charge is 0.191 e. The predicted octanol–water partition coefficient (Wildman–Crippen LogP) is 2.05. The van der Waals surface area contributed by atoms with E-state index >= 15 is 0 Å². The zero-order valence-corrected chi connectivity index (χ0v) is 15.5. The van der Waals surface area contributed by atoms with Gasteiger partial charge in [0.1, 0.15) is 18.0 Å². The molecule has 0 saturated carbocycles. The van der Waals surface area contributed by atoms with E-state index in [9.17, 15) is 0 Å². The molecule has 0 unspecified atom stereocenters. The van der Waals surface area contributed by atoms with Crippen molar-refractivity contribution in [2.75, 3.05) is 18.8 Å². The number of allylic oxidation sites excluding steroid dienone is 1. The minimum atomic E-state index is 0. The van der Waals surface area contributed by atoms with Crippen LogP contribution in [0.1, 0.15) is 30.4 Å². The van der Waals surface area contributed by atoms with Gasteiger partial charge < -0.3 is 14.5 Å². The Balaban J connectivity index is 0.00000208. The summed E-state index contributed by atoms with van der Waals surface area (Å²) < 4.78 is 4.27. The Morgan fingerprint density at radius 2 is 2.12 bits per heavy atom. The topological polar surface area (TPSA) is 73.5 Å². The fraction of sp³-hybridized carbons (Fsp3) is 0.600. The number of piperidine rings is 1. The van der Waals surface area contributed by atoms with Gasteiger partial charge in [0.05, 0.1) is 0 Å². The number of aryl methyl sites for hydroxylation is 2. The van der Waals surface area contributed by atoms with E-state index < -0.39 is 0 Å². The third-order valence-corrected chi connectivity index (χ3v) is 5.08. The van der Waals surface area contributed by atoms with Gasteiger partial charge in [-0.05, 0) is 32.9 Å². The minimum absolute atomic E-state index is 0. The maximum absolute atomic E-state index is 4.48. The van der Waals surface area contributed by atoms with Gasteiger partial charge in [-0.1, -0.05) is 17.8 Å². The summed E-state index contributed by atoms with van der Waals surface area (Å²) in [6, 6.07) is 0. The lowest BCUT2D eigenvalue weighted by atomic mass is 9.97. The zero-order valence-electron chi connectivity index (χ0n) is 13.9. The van der Waals surface area contributed by atoms with Crippen molar-refractivity contribution >= 4 is 24.2 Å². The van der Waals surface area contributed by atoms with E-state index in [-0.39, 0.29) is 12.4 Å². The molecule has 1 aliphatic rings.